The number of amides is 1. The summed E-state index contributed by atoms with van der Waals surface area (Å²) in [4.78, 5) is 12.8. The lowest BCUT2D eigenvalue weighted by atomic mass is 10.0. The number of nitrogens with zero attached hydrogens (tertiary/aromatic N) is 1. The Balaban J connectivity index is 1.94. The van der Waals surface area contributed by atoms with Crippen molar-refractivity contribution in [2.45, 2.75) is 40.1 Å². The Hall–Kier alpha value is -2.74. The summed E-state index contributed by atoms with van der Waals surface area (Å²) in [5.41, 5.74) is -2.00. The molecule has 2 aromatic carbocycles. The fourth-order valence-electron chi connectivity index (χ4n) is 4.15. The molecule has 37 heavy (non-hydrogen) atoms. The van der Waals surface area contributed by atoms with E-state index in [1.54, 1.807) is 6.07 Å². The summed E-state index contributed by atoms with van der Waals surface area (Å²) in [7, 11) is -7.14. The molecule has 8 nitrogen and oxygen atoms in total. The Labute approximate surface area is 214 Å². The van der Waals surface area contributed by atoms with Crippen LogP contribution >= 0.6 is 0 Å². The van der Waals surface area contributed by atoms with Crippen LogP contribution in [0.15, 0.2) is 71.0 Å². The van der Waals surface area contributed by atoms with Crippen LogP contribution in [0, 0.1) is 0 Å². The zero-order chi connectivity index (χ0) is 27.4. The van der Waals surface area contributed by atoms with Crippen LogP contribution in [0.25, 0.3) is 0 Å². The van der Waals surface area contributed by atoms with Crippen molar-refractivity contribution in [1.82, 2.24) is 14.9 Å². The first-order valence-corrected chi connectivity index (χ1v) is 14.4. The molecular formula is C24H28F3N3O5S2. The van der Waals surface area contributed by atoms with Crippen LogP contribution in [0.5, 0.6) is 0 Å². The average Bonchev–Trinajstić information content (AvgIpc) is 2.85. The Bertz CT molecular complexity index is 1340. The van der Waals surface area contributed by atoms with Crippen molar-refractivity contribution in [3.05, 3.63) is 72.3 Å². The van der Waals surface area contributed by atoms with Crippen LogP contribution < -0.4 is 10.0 Å². The number of rotatable bonds is 9. The number of likely N-dealkylation sites (N-methyl/N-ethyl adjacent to an activating group) is 1. The van der Waals surface area contributed by atoms with Crippen molar-refractivity contribution in [1.29, 1.82) is 0 Å². The fourth-order valence-corrected chi connectivity index (χ4v) is 7.10. The second-order valence-electron chi connectivity index (χ2n) is 8.61. The lowest BCUT2D eigenvalue weighted by Crippen LogP contribution is -2.47. The molecule has 13 heteroatoms. The summed E-state index contributed by atoms with van der Waals surface area (Å²) < 4.78 is 96.7. The first-order valence-electron chi connectivity index (χ1n) is 11.4. The van der Waals surface area contributed by atoms with Gasteiger partial charge in [0.15, 0.2) is 0 Å². The average molecular weight is 560 g/mol. The largest absolute Gasteiger partial charge is 0.416 e. The van der Waals surface area contributed by atoms with Gasteiger partial charge in [-0.25, -0.2) is 21.6 Å². The number of alkyl halides is 3. The van der Waals surface area contributed by atoms with Crippen molar-refractivity contribution >= 4 is 25.8 Å². The highest BCUT2D eigenvalue weighted by molar-refractivity contribution is 7.91. The van der Waals surface area contributed by atoms with Gasteiger partial charge in [-0.15, -0.1) is 6.58 Å². The number of likely N-dealkylation sites (tertiary alicyclic amines) is 1. The van der Waals surface area contributed by atoms with E-state index in [2.05, 4.69) is 16.6 Å². The van der Waals surface area contributed by atoms with Gasteiger partial charge in [0.25, 0.3) is 0 Å². The molecule has 1 amide bonds. The molecule has 0 saturated carbocycles. The monoisotopic (exact) mass is 559 g/mol. The smallest absolute Gasteiger partial charge is 0.358 e. The number of hydrogen-bond acceptors (Lipinski definition) is 6. The number of carbonyl (C=O) groups excluding carboxylic acids is 1. The number of piperidine rings is 1. The molecule has 1 heterocycles. The minimum atomic E-state index is -4.94. The summed E-state index contributed by atoms with van der Waals surface area (Å²) in [5.74, 6) is -0.184. The van der Waals surface area contributed by atoms with Gasteiger partial charge >= 0.3 is 6.18 Å². The van der Waals surface area contributed by atoms with Gasteiger partial charge in [-0.2, -0.15) is 13.2 Å². The topological polar surface area (TPSA) is 113 Å². The fraction of sp³-hybridized carbons (Fsp3) is 0.375. The Morgan fingerprint density at radius 2 is 1.70 bits per heavy atom. The minimum Gasteiger partial charge on any atom is -0.358 e. The molecule has 1 saturated heterocycles. The molecule has 0 spiro atoms. The zero-order valence-corrected chi connectivity index (χ0v) is 21.7. The number of carbonyl (C=O) groups is 1. The van der Waals surface area contributed by atoms with E-state index >= 15 is 0 Å². The van der Waals surface area contributed by atoms with Crippen molar-refractivity contribution in [2.24, 2.45) is 0 Å². The van der Waals surface area contributed by atoms with E-state index in [1.165, 1.54) is 31.3 Å². The van der Waals surface area contributed by atoms with Crippen molar-refractivity contribution in [2.75, 3.05) is 26.7 Å². The molecule has 2 N–H and O–H groups in total. The van der Waals surface area contributed by atoms with Gasteiger partial charge < -0.3 is 5.32 Å². The first kappa shape index (κ1) is 28.8. The highest BCUT2D eigenvalue weighted by Crippen LogP contribution is 2.39. The van der Waals surface area contributed by atoms with Crippen molar-refractivity contribution in [3.8, 4) is 0 Å². The Kier molecular flexibility index (Phi) is 8.83. The highest BCUT2D eigenvalue weighted by atomic mass is 32.2. The van der Waals surface area contributed by atoms with E-state index < -0.39 is 53.4 Å². The second kappa shape index (κ2) is 11.3. The lowest BCUT2D eigenvalue weighted by molar-refractivity contribution is -0.138. The molecule has 1 aliphatic heterocycles. The first-order chi connectivity index (χ1) is 17.3. The molecule has 1 unspecified atom stereocenters. The molecule has 1 fully saturated rings. The molecule has 3 rings (SSSR count). The summed E-state index contributed by atoms with van der Waals surface area (Å²) in [6.07, 6.45) is -3.40. The van der Waals surface area contributed by atoms with Gasteiger partial charge in [0, 0.05) is 26.2 Å². The standard InChI is InChI=1S/C24H28F3N3O5S2/c1-3-22(37(34,35)29-17-11-13-30(14-12-17)16-23(31)28-2)20-15-19(9-10-21(20)24(25,26)27)36(32,33)18-7-5-4-6-8-18/h3-10,15,17,22,29H,1,11-14,16H2,2H3,(H,28,31). The van der Waals surface area contributed by atoms with E-state index in [1.807, 2.05) is 4.90 Å². The van der Waals surface area contributed by atoms with Crippen LogP contribution in [-0.2, 0) is 30.8 Å². The molecule has 1 atom stereocenters. The van der Waals surface area contributed by atoms with Gasteiger partial charge in [0.1, 0.15) is 5.25 Å². The van der Waals surface area contributed by atoms with Crippen molar-refractivity contribution in [3.63, 3.8) is 0 Å². The van der Waals surface area contributed by atoms with E-state index in [-0.39, 0.29) is 17.3 Å². The maximum atomic E-state index is 13.9. The number of nitrogens with one attached hydrogen (secondary N) is 2. The van der Waals surface area contributed by atoms with Crippen molar-refractivity contribution < 1.29 is 34.8 Å². The second-order valence-corrected chi connectivity index (χ2v) is 12.4. The third kappa shape index (κ3) is 6.78. The molecule has 0 bridgehead atoms. The quantitative estimate of drug-likeness (QED) is 0.457. The Morgan fingerprint density at radius 1 is 1.08 bits per heavy atom. The number of benzene rings is 2. The number of sulfone groups is 1. The molecule has 2 aromatic rings. The van der Waals surface area contributed by atoms with Crippen LogP contribution in [0.4, 0.5) is 13.2 Å². The van der Waals surface area contributed by atoms with Gasteiger partial charge in [-0.3, -0.25) is 9.69 Å². The third-order valence-corrected chi connectivity index (χ3v) is 9.66. The molecular weight excluding hydrogens is 531 g/mol. The number of sulfonamides is 1. The zero-order valence-electron chi connectivity index (χ0n) is 20.0. The van der Waals surface area contributed by atoms with Crippen LogP contribution in [0.1, 0.15) is 29.2 Å². The van der Waals surface area contributed by atoms with E-state index in [0.717, 1.165) is 18.2 Å². The van der Waals surface area contributed by atoms with Crippen LogP contribution in [-0.4, -0.2) is 60.4 Å². The molecule has 0 aliphatic carbocycles. The molecule has 0 radical (unpaired) electrons. The molecule has 1 aliphatic rings. The van der Waals surface area contributed by atoms with Gasteiger partial charge in [0.05, 0.1) is 21.9 Å². The maximum Gasteiger partial charge on any atom is 0.416 e. The predicted molar refractivity (Wildman–Crippen MR) is 132 cm³/mol. The SMILES string of the molecule is C=CC(c1cc(S(=O)(=O)c2ccccc2)ccc1C(F)(F)F)S(=O)(=O)NC1CCN(CC(=O)NC)CC1. The maximum absolute atomic E-state index is 13.9. The highest BCUT2D eigenvalue weighted by Gasteiger charge is 2.39. The number of halogens is 3. The third-order valence-electron chi connectivity index (χ3n) is 6.11. The van der Waals surface area contributed by atoms with E-state index in [0.29, 0.717) is 32.0 Å². The summed E-state index contributed by atoms with van der Waals surface area (Å²) in [6.45, 7) is 4.42. The van der Waals surface area contributed by atoms with Crippen LogP contribution in [0.3, 0.4) is 0 Å². The molecule has 0 aromatic heterocycles. The molecule has 202 valence electrons. The van der Waals surface area contributed by atoms with E-state index in [4.69, 9.17) is 0 Å². The number of hydrogen-bond donors (Lipinski definition) is 2. The summed E-state index contributed by atoms with van der Waals surface area (Å²) >= 11 is 0. The Morgan fingerprint density at radius 3 is 2.24 bits per heavy atom. The van der Waals surface area contributed by atoms with E-state index in [9.17, 15) is 34.8 Å². The summed E-state index contributed by atoms with van der Waals surface area (Å²) in [6, 6.07) is 8.70. The van der Waals surface area contributed by atoms with Gasteiger partial charge in [0.2, 0.25) is 25.8 Å². The normalized spacial score (nSPS) is 16.8. The summed E-state index contributed by atoms with van der Waals surface area (Å²) in [5, 5.41) is 0.645. The van der Waals surface area contributed by atoms with Crippen LogP contribution in [0.2, 0.25) is 0 Å². The van der Waals surface area contributed by atoms with Gasteiger partial charge in [-0.1, -0.05) is 24.3 Å². The van der Waals surface area contributed by atoms with Gasteiger partial charge in [-0.05, 0) is 48.7 Å². The predicted octanol–water partition coefficient (Wildman–Crippen LogP) is 2.90. The minimum absolute atomic E-state index is 0.139. The lowest BCUT2D eigenvalue weighted by Gasteiger charge is -2.32.